The predicted molar refractivity (Wildman–Crippen MR) is 119 cm³/mol. The van der Waals surface area contributed by atoms with Crippen molar-refractivity contribution in [2.45, 2.75) is 39.8 Å². The molecular formula is C23H27N3O3S. The molecule has 0 radical (unpaired) electrons. The number of carbonyl (C=O) groups is 2. The molecule has 3 heterocycles. The molecule has 0 unspecified atom stereocenters. The van der Waals surface area contributed by atoms with Gasteiger partial charge in [-0.05, 0) is 55.0 Å². The molecule has 0 atom stereocenters. The molecule has 2 aromatic heterocycles. The topological polar surface area (TPSA) is 63.6 Å². The molecule has 0 saturated carbocycles. The van der Waals surface area contributed by atoms with Gasteiger partial charge in [-0.2, -0.15) is 0 Å². The summed E-state index contributed by atoms with van der Waals surface area (Å²) in [5, 5.41) is 5.78. The van der Waals surface area contributed by atoms with Gasteiger partial charge < -0.3 is 19.5 Å². The number of nitrogens with one attached hydrogen (secondary N) is 1. The van der Waals surface area contributed by atoms with Gasteiger partial charge in [-0.1, -0.05) is 6.92 Å². The van der Waals surface area contributed by atoms with E-state index in [9.17, 15) is 9.59 Å². The van der Waals surface area contributed by atoms with E-state index in [0.717, 1.165) is 36.0 Å². The Morgan fingerprint density at radius 1 is 1.27 bits per heavy atom. The highest BCUT2D eigenvalue weighted by atomic mass is 32.1. The lowest BCUT2D eigenvalue weighted by Gasteiger charge is -2.27. The molecule has 0 fully saturated rings. The van der Waals surface area contributed by atoms with Gasteiger partial charge in [0.15, 0.2) is 0 Å². The molecule has 0 spiro atoms. The average molecular weight is 426 g/mol. The highest BCUT2D eigenvalue weighted by molar-refractivity contribution is 7.10. The van der Waals surface area contributed by atoms with Gasteiger partial charge in [0.2, 0.25) is 5.91 Å². The molecule has 1 aromatic carbocycles. The number of amides is 2. The molecule has 0 saturated heterocycles. The summed E-state index contributed by atoms with van der Waals surface area (Å²) in [6.07, 6.45) is 1.85. The smallest absolute Gasteiger partial charge is 0.254 e. The molecule has 0 bridgehead atoms. The van der Waals surface area contributed by atoms with Gasteiger partial charge in [0.05, 0.1) is 19.2 Å². The maximum absolute atomic E-state index is 13.1. The van der Waals surface area contributed by atoms with E-state index in [1.54, 1.807) is 18.4 Å². The Bertz CT molecular complexity index is 1100. The van der Waals surface area contributed by atoms with Crippen LogP contribution in [-0.2, 0) is 24.3 Å². The standard InChI is InChI=1S/C23H27N3O3S/c1-4-9-26-15(2)22(18-12-17(29-3)5-6-19(18)26)23(28)24-13-21(27)25-10-7-20-16(14-25)8-11-30-20/h5-6,8,11-12H,4,7,9-10,13-14H2,1-3H3,(H,24,28). The van der Waals surface area contributed by atoms with Crippen LogP contribution in [0.1, 0.15) is 39.8 Å². The number of benzene rings is 1. The number of fused-ring (bicyclic) bond motifs is 2. The zero-order chi connectivity index (χ0) is 21.3. The number of hydrogen-bond acceptors (Lipinski definition) is 4. The van der Waals surface area contributed by atoms with E-state index in [0.29, 0.717) is 24.4 Å². The van der Waals surface area contributed by atoms with Crippen molar-refractivity contribution < 1.29 is 14.3 Å². The van der Waals surface area contributed by atoms with Crippen LogP contribution < -0.4 is 10.1 Å². The van der Waals surface area contributed by atoms with Gasteiger partial charge in [-0.3, -0.25) is 9.59 Å². The molecule has 1 aliphatic heterocycles. The highest BCUT2D eigenvalue weighted by Gasteiger charge is 2.24. The minimum absolute atomic E-state index is 0.00215. The maximum atomic E-state index is 13.1. The Morgan fingerprint density at radius 2 is 2.10 bits per heavy atom. The summed E-state index contributed by atoms with van der Waals surface area (Å²) >= 11 is 1.75. The summed E-state index contributed by atoms with van der Waals surface area (Å²) in [6, 6.07) is 7.88. The van der Waals surface area contributed by atoms with E-state index in [4.69, 9.17) is 4.74 Å². The minimum atomic E-state index is -0.220. The van der Waals surface area contributed by atoms with Crippen LogP contribution in [-0.4, -0.2) is 41.5 Å². The predicted octanol–water partition coefficient (Wildman–Crippen LogP) is 3.74. The van der Waals surface area contributed by atoms with Crippen molar-refractivity contribution in [1.82, 2.24) is 14.8 Å². The summed E-state index contributed by atoms with van der Waals surface area (Å²) < 4.78 is 7.53. The van der Waals surface area contributed by atoms with Crippen LogP contribution in [0.4, 0.5) is 0 Å². The summed E-state index contributed by atoms with van der Waals surface area (Å²) in [5.74, 6) is 0.441. The second kappa shape index (κ2) is 8.52. The first-order valence-corrected chi connectivity index (χ1v) is 11.2. The number of hydrogen-bond donors (Lipinski definition) is 1. The number of ether oxygens (including phenoxy) is 1. The SMILES string of the molecule is CCCn1c(C)c(C(=O)NCC(=O)N2CCc3sccc3C2)c2cc(OC)ccc21. The largest absolute Gasteiger partial charge is 0.497 e. The number of methoxy groups -OCH3 is 1. The van der Waals surface area contributed by atoms with Crippen LogP contribution >= 0.6 is 11.3 Å². The zero-order valence-corrected chi connectivity index (χ0v) is 18.5. The number of carbonyl (C=O) groups excluding carboxylic acids is 2. The van der Waals surface area contributed by atoms with Gasteiger partial charge in [0.1, 0.15) is 5.75 Å². The number of nitrogens with zero attached hydrogens (tertiary/aromatic N) is 2. The maximum Gasteiger partial charge on any atom is 0.254 e. The van der Waals surface area contributed by atoms with Crippen LogP contribution in [0.2, 0.25) is 0 Å². The van der Waals surface area contributed by atoms with Crippen molar-refractivity contribution >= 4 is 34.1 Å². The van der Waals surface area contributed by atoms with Crippen LogP contribution in [0.3, 0.4) is 0 Å². The molecule has 30 heavy (non-hydrogen) atoms. The molecule has 4 rings (SSSR count). The number of aromatic nitrogens is 1. The van der Waals surface area contributed by atoms with Gasteiger partial charge in [0, 0.05) is 41.1 Å². The molecule has 1 N–H and O–H groups in total. The Kier molecular flexibility index (Phi) is 5.81. The quantitative estimate of drug-likeness (QED) is 0.654. The van der Waals surface area contributed by atoms with Crippen LogP contribution in [0.25, 0.3) is 10.9 Å². The van der Waals surface area contributed by atoms with Crippen LogP contribution in [0.15, 0.2) is 29.6 Å². The van der Waals surface area contributed by atoms with Gasteiger partial charge in [-0.15, -0.1) is 11.3 Å². The Hall–Kier alpha value is -2.80. The Morgan fingerprint density at radius 3 is 2.87 bits per heavy atom. The lowest BCUT2D eigenvalue weighted by atomic mass is 10.1. The normalized spacial score (nSPS) is 13.4. The molecule has 0 aliphatic carbocycles. The minimum Gasteiger partial charge on any atom is -0.497 e. The third-order valence-corrected chi connectivity index (χ3v) is 6.79. The van der Waals surface area contributed by atoms with Crippen molar-refractivity contribution in [2.75, 3.05) is 20.2 Å². The molecular weight excluding hydrogens is 398 g/mol. The van der Waals surface area contributed by atoms with Gasteiger partial charge >= 0.3 is 0 Å². The first-order valence-electron chi connectivity index (χ1n) is 10.3. The van der Waals surface area contributed by atoms with Gasteiger partial charge in [0.25, 0.3) is 5.91 Å². The van der Waals surface area contributed by atoms with Crippen molar-refractivity contribution in [3.8, 4) is 5.75 Å². The Labute approximate surface area is 180 Å². The molecule has 1 aliphatic rings. The van der Waals surface area contributed by atoms with E-state index in [-0.39, 0.29) is 18.4 Å². The summed E-state index contributed by atoms with van der Waals surface area (Å²) in [6.45, 7) is 6.24. The Balaban J connectivity index is 1.53. The first kappa shape index (κ1) is 20.5. The molecule has 3 aromatic rings. The summed E-state index contributed by atoms with van der Waals surface area (Å²) in [5.41, 5.74) is 3.75. The van der Waals surface area contributed by atoms with E-state index < -0.39 is 0 Å². The molecule has 6 nitrogen and oxygen atoms in total. The summed E-state index contributed by atoms with van der Waals surface area (Å²) in [4.78, 5) is 29.0. The van der Waals surface area contributed by atoms with E-state index in [1.165, 1.54) is 10.4 Å². The van der Waals surface area contributed by atoms with E-state index in [2.05, 4.69) is 28.3 Å². The summed E-state index contributed by atoms with van der Waals surface area (Å²) in [7, 11) is 1.62. The second-order valence-corrected chi connectivity index (χ2v) is 8.61. The van der Waals surface area contributed by atoms with Crippen LogP contribution in [0, 0.1) is 6.92 Å². The van der Waals surface area contributed by atoms with Crippen molar-refractivity contribution in [2.24, 2.45) is 0 Å². The van der Waals surface area contributed by atoms with Crippen molar-refractivity contribution in [3.63, 3.8) is 0 Å². The lowest BCUT2D eigenvalue weighted by Crippen LogP contribution is -2.42. The third-order valence-electron chi connectivity index (χ3n) is 5.77. The lowest BCUT2D eigenvalue weighted by molar-refractivity contribution is -0.131. The fraction of sp³-hybridized carbons (Fsp3) is 0.391. The zero-order valence-electron chi connectivity index (χ0n) is 17.7. The average Bonchev–Trinajstić information content (AvgIpc) is 3.33. The monoisotopic (exact) mass is 425 g/mol. The number of thiophene rings is 1. The third kappa shape index (κ3) is 3.69. The number of aryl methyl sites for hydroxylation is 1. The molecule has 2 amide bonds. The highest BCUT2D eigenvalue weighted by Crippen LogP contribution is 2.30. The second-order valence-electron chi connectivity index (χ2n) is 7.61. The number of rotatable bonds is 6. The first-order chi connectivity index (χ1) is 14.5. The van der Waals surface area contributed by atoms with Crippen LogP contribution in [0.5, 0.6) is 5.75 Å². The van der Waals surface area contributed by atoms with Crippen molar-refractivity contribution in [3.05, 3.63) is 51.3 Å². The van der Waals surface area contributed by atoms with E-state index >= 15 is 0 Å². The van der Waals surface area contributed by atoms with Gasteiger partial charge in [-0.25, -0.2) is 0 Å². The van der Waals surface area contributed by atoms with E-state index in [1.807, 2.05) is 30.0 Å². The van der Waals surface area contributed by atoms with Crippen molar-refractivity contribution in [1.29, 1.82) is 0 Å². The fourth-order valence-corrected chi connectivity index (χ4v) is 5.09. The fourth-order valence-electron chi connectivity index (χ4n) is 4.20. The molecule has 7 heteroatoms. The molecule has 158 valence electrons.